The molecule has 5 rings (SSSR count). The SMILES string of the molecule is CC1=CC23C(=O)[C@@H](C=C(CO)[C@@H](O)[C@]2(O)[C@H]1OC(=O)N1CCOCC1)[C@@H]1[C@@H](CC3C)C1(C)C. The van der Waals surface area contributed by atoms with Gasteiger partial charge < -0.3 is 29.7 Å². The number of hydrogen-bond donors (Lipinski definition) is 3. The van der Waals surface area contributed by atoms with Gasteiger partial charge in [0.15, 0.2) is 17.5 Å². The molecule has 1 heterocycles. The first-order valence-electron chi connectivity index (χ1n) is 12.0. The molecule has 1 saturated heterocycles. The van der Waals surface area contributed by atoms with E-state index in [-0.39, 0.29) is 28.6 Å². The first-order chi connectivity index (χ1) is 15.5. The van der Waals surface area contributed by atoms with Crippen LogP contribution in [0.2, 0.25) is 0 Å². The number of fused-ring (bicyclic) bond motifs is 3. The second-order valence-corrected chi connectivity index (χ2v) is 11.2. The molecule has 5 aliphatic rings. The van der Waals surface area contributed by atoms with E-state index in [9.17, 15) is 24.9 Å². The van der Waals surface area contributed by atoms with Crippen LogP contribution in [0.4, 0.5) is 4.79 Å². The van der Waals surface area contributed by atoms with Crippen molar-refractivity contribution in [1.29, 1.82) is 0 Å². The maximum Gasteiger partial charge on any atom is 0.410 e. The van der Waals surface area contributed by atoms with E-state index in [1.54, 1.807) is 19.1 Å². The van der Waals surface area contributed by atoms with Crippen LogP contribution in [-0.2, 0) is 14.3 Å². The number of hydrogen-bond acceptors (Lipinski definition) is 7. The lowest BCUT2D eigenvalue weighted by Crippen LogP contribution is -2.66. The third-order valence-corrected chi connectivity index (χ3v) is 9.38. The first kappa shape index (κ1) is 23.0. The second kappa shape index (κ2) is 7.38. The van der Waals surface area contributed by atoms with Crippen molar-refractivity contribution < 1.29 is 34.4 Å². The number of aliphatic hydroxyl groups is 3. The highest BCUT2D eigenvalue weighted by Gasteiger charge is 2.76. The number of Topliss-reactive ketones (excluding diaryl/α,β-unsaturated/α-hetero) is 1. The molecule has 33 heavy (non-hydrogen) atoms. The minimum absolute atomic E-state index is 0.0275. The molecule has 1 amide bonds. The summed E-state index contributed by atoms with van der Waals surface area (Å²) in [5.74, 6) is -0.551. The van der Waals surface area contributed by atoms with Gasteiger partial charge in [-0.1, -0.05) is 32.9 Å². The molecule has 8 heteroatoms. The standard InChI is InChI=1S/C25H35NO7/c1-13-11-24-14(2)9-17-18(23(17,3)4)16(20(24)29)10-15(12-27)19(28)25(24,31)21(13)33-22(30)26-5-7-32-8-6-26/h10-11,14,16-19,21,27-28,31H,5-9,12H2,1-4H3/t14?,16-,17+,18+,19+,21-,24?,25-/m0/s1. The van der Waals surface area contributed by atoms with E-state index >= 15 is 0 Å². The Balaban J connectivity index is 1.60. The molecule has 0 aromatic carbocycles. The van der Waals surface area contributed by atoms with Crippen LogP contribution in [-0.4, -0.2) is 82.8 Å². The van der Waals surface area contributed by atoms with Crippen LogP contribution in [0.1, 0.15) is 34.1 Å². The highest BCUT2D eigenvalue weighted by molar-refractivity contribution is 5.95. The summed E-state index contributed by atoms with van der Waals surface area (Å²) in [6, 6.07) is 0. The number of carbonyl (C=O) groups is 2. The third kappa shape index (κ3) is 2.84. The van der Waals surface area contributed by atoms with Gasteiger partial charge in [-0.25, -0.2) is 4.79 Å². The fraction of sp³-hybridized carbons (Fsp3) is 0.760. The highest BCUT2D eigenvalue weighted by Crippen LogP contribution is 2.71. The smallest absolute Gasteiger partial charge is 0.410 e. The zero-order valence-electron chi connectivity index (χ0n) is 19.8. The lowest BCUT2D eigenvalue weighted by molar-refractivity contribution is -0.191. The van der Waals surface area contributed by atoms with Crippen LogP contribution >= 0.6 is 0 Å². The van der Waals surface area contributed by atoms with Gasteiger partial charge in [0.25, 0.3) is 0 Å². The summed E-state index contributed by atoms with van der Waals surface area (Å²) in [5, 5.41) is 34.0. The fourth-order valence-electron chi connectivity index (χ4n) is 7.51. The summed E-state index contributed by atoms with van der Waals surface area (Å²) in [5.41, 5.74) is -2.77. The Morgan fingerprint density at radius 1 is 1.30 bits per heavy atom. The number of allylic oxidation sites excluding steroid dienone is 1. The quantitative estimate of drug-likeness (QED) is 0.531. The Morgan fingerprint density at radius 3 is 2.61 bits per heavy atom. The minimum Gasteiger partial charge on any atom is -0.438 e. The molecule has 0 radical (unpaired) electrons. The highest BCUT2D eigenvalue weighted by atomic mass is 16.6. The first-order valence-corrected chi connectivity index (χ1v) is 12.0. The molecule has 1 spiro atoms. The molecular weight excluding hydrogens is 426 g/mol. The van der Waals surface area contributed by atoms with Crippen LogP contribution < -0.4 is 0 Å². The van der Waals surface area contributed by atoms with E-state index in [4.69, 9.17) is 9.47 Å². The Hall–Kier alpha value is -1.74. The van der Waals surface area contributed by atoms with Gasteiger partial charge in [-0.3, -0.25) is 4.79 Å². The Labute approximate surface area is 194 Å². The minimum atomic E-state index is -2.10. The normalized spacial score (nSPS) is 45.8. The summed E-state index contributed by atoms with van der Waals surface area (Å²) in [7, 11) is 0. The van der Waals surface area contributed by atoms with Crippen molar-refractivity contribution >= 4 is 11.9 Å². The van der Waals surface area contributed by atoms with Gasteiger partial charge in [0.05, 0.1) is 25.2 Å². The number of amides is 1. The van der Waals surface area contributed by atoms with Gasteiger partial charge in [-0.2, -0.15) is 0 Å². The molecule has 0 aromatic heterocycles. The van der Waals surface area contributed by atoms with E-state index in [0.717, 1.165) is 6.42 Å². The molecule has 1 aliphatic heterocycles. The van der Waals surface area contributed by atoms with Gasteiger partial charge in [0, 0.05) is 19.0 Å². The molecule has 2 saturated carbocycles. The Kier molecular flexibility index (Phi) is 5.15. The van der Waals surface area contributed by atoms with Crippen LogP contribution in [0, 0.1) is 34.5 Å². The van der Waals surface area contributed by atoms with Crippen LogP contribution in [0.3, 0.4) is 0 Å². The van der Waals surface area contributed by atoms with Crippen molar-refractivity contribution in [3.63, 3.8) is 0 Å². The maximum atomic E-state index is 14.3. The van der Waals surface area contributed by atoms with Gasteiger partial charge in [-0.05, 0) is 47.7 Å². The lowest BCUT2D eigenvalue weighted by atomic mass is 9.59. The molecular formula is C25H35NO7. The molecule has 3 N–H and O–H groups in total. The topological polar surface area (TPSA) is 117 Å². The molecule has 2 bridgehead atoms. The van der Waals surface area contributed by atoms with Crippen molar-refractivity contribution in [3.8, 4) is 0 Å². The van der Waals surface area contributed by atoms with Gasteiger partial charge in [0.2, 0.25) is 0 Å². The largest absolute Gasteiger partial charge is 0.438 e. The number of morpholine rings is 1. The lowest BCUT2D eigenvalue weighted by Gasteiger charge is -2.49. The molecule has 8 atom stereocenters. The summed E-state index contributed by atoms with van der Waals surface area (Å²) < 4.78 is 11.2. The predicted molar refractivity (Wildman–Crippen MR) is 118 cm³/mol. The molecule has 182 valence electrons. The molecule has 4 aliphatic carbocycles. The van der Waals surface area contributed by atoms with Gasteiger partial charge in [-0.15, -0.1) is 0 Å². The fourth-order valence-corrected chi connectivity index (χ4v) is 7.51. The van der Waals surface area contributed by atoms with Gasteiger partial charge >= 0.3 is 6.09 Å². The predicted octanol–water partition coefficient (Wildman–Crippen LogP) is 1.29. The summed E-state index contributed by atoms with van der Waals surface area (Å²) in [6.45, 7) is 9.06. The van der Waals surface area contributed by atoms with Crippen LogP contribution in [0.15, 0.2) is 23.3 Å². The molecule has 2 unspecified atom stereocenters. The third-order valence-electron chi connectivity index (χ3n) is 9.38. The zero-order chi connectivity index (χ0) is 23.9. The summed E-state index contributed by atoms with van der Waals surface area (Å²) >= 11 is 0. The van der Waals surface area contributed by atoms with Crippen LogP contribution in [0.5, 0.6) is 0 Å². The van der Waals surface area contributed by atoms with E-state index in [1.807, 2.05) is 6.92 Å². The summed E-state index contributed by atoms with van der Waals surface area (Å²) in [4.78, 5) is 28.8. The average molecular weight is 462 g/mol. The van der Waals surface area contributed by atoms with Gasteiger partial charge in [0.1, 0.15) is 6.10 Å². The summed E-state index contributed by atoms with van der Waals surface area (Å²) in [6.07, 6.45) is 0.796. The zero-order valence-corrected chi connectivity index (χ0v) is 19.8. The molecule has 3 fully saturated rings. The average Bonchev–Trinajstić information content (AvgIpc) is 3.28. The van der Waals surface area contributed by atoms with Crippen LogP contribution in [0.25, 0.3) is 0 Å². The second-order valence-electron chi connectivity index (χ2n) is 11.2. The number of nitrogens with zero attached hydrogens (tertiary/aromatic N) is 1. The van der Waals surface area contributed by atoms with E-state index < -0.39 is 41.8 Å². The number of aliphatic hydroxyl groups excluding tert-OH is 2. The van der Waals surface area contributed by atoms with E-state index in [2.05, 4.69) is 13.8 Å². The monoisotopic (exact) mass is 461 g/mol. The number of ether oxygens (including phenoxy) is 2. The number of ketones is 1. The van der Waals surface area contributed by atoms with E-state index in [0.29, 0.717) is 37.8 Å². The molecule has 0 aromatic rings. The van der Waals surface area contributed by atoms with E-state index in [1.165, 1.54) is 4.90 Å². The number of rotatable bonds is 2. The molecule has 8 nitrogen and oxygen atoms in total. The maximum absolute atomic E-state index is 14.3. The van der Waals surface area contributed by atoms with Crippen molar-refractivity contribution in [2.45, 2.75) is 51.9 Å². The van der Waals surface area contributed by atoms with Crippen molar-refractivity contribution in [2.75, 3.05) is 32.9 Å². The van der Waals surface area contributed by atoms with Crippen molar-refractivity contribution in [3.05, 3.63) is 23.3 Å². The van der Waals surface area contributed by atoms with Crippen molar-refractivity contribution in [2.24, 2.45) is 34.5 Å². The van der Waals surface area contributed by atoms with Crippen molar-refractivity contribution in [1.82, 2.24) is 4.90 Å². The Morgan fingerprint density at radius 2 is 1.97 bits per heavy atom. The number of carbonyl (C=O) groups excluding carboxylic acids is 2. The Bertz CT molecular complexity index is 935.